The molecule has 3 aromatic heterocycles. The Kier molecular flexibility index (Phi) is 9.49. The highest BCUT2D eigenvalue weighted by Gasteiger charge is 2.54. The van der Waals surface area contributed by atoms with Gasteiger partial charge in [-0.15, -0.1) is 0 Å². The largest absolute Gasteiger partial charge is 0.458 e. The van der Waals surface area contributed by atoms with E-state index in [1.807, 2.05) is 12.3 Å². The summed E-state index contributed by atoms with van der Waals surface area (Å²) in [5.41, 5.74) is 19.3. The van der Waals surface area contributed by atoms with Crippen LogP contribution in [0.25, 0.3) is 55.5 Å². The number of aryl methyl sites for hydroxylation is 1. The smallest absolute Gasteiger partial charge is 0.244 e. The van der Waals surface area contributed by atoms with E-state index in [-0.39, 0.29) is 27.1 Å². The van der Waals surface area contributed by atoms with Gasteiger partial charge in [0, 0.05) is 23.0 Å². The number of hydrogen-bond donors (Lipinski definition) is 0. The summed E-state index contributed by atoms with van der Waals surface area (Å²) in [6, 6.07) is 43.5. The van der Waals surface area contributed by atoms with Crippen LogP contribution in [0.1, 0.15) is 154 Å². The van der Waals surface area contributed by atoms with Crippen LogP contribution in [0.3, 0.4) is 0 Å². The molecule has 2 aliphatic rings. The molecule has 1 aliphatic heterocycles. The molecule has 69 heavy (non-hydrogen) atoms. The Balaban J connectivity index is 1.21. The summed E-state index contributed by atoms with van der Waals surface area (Å²) >= 11 is 0. The molecule has 0 atom stereocenters. The molecule has 0 fully saturated rings. The average Bonchev–Trinajstić information content (AvgIpc) is 3.89. The minimum absolute atomic E-state index is 0.00477. The summed E-state index contributed by atoms with van der Waals surface area (Å²) in [4.78, 5) is 4.87. The standard InChI is InChI=1S/C64H68N4O/c1-59(2,3)38-23-26-43-44-27-24-41(35-53(44)68(52(43)34-38)55-22-17-18-29-65-55)69-42-25-28-47-54(36-42)67-37-66(16)51-21-19-20-48(58(51)67)64(47)56-45(30-39(60(4,5)6)32-49(56)62(10,11)12)46-31-40(61(7,8)9)33-50(57(46)64)63(13,14)15/h17-36H,1-16H3. The lowest BCUT2D eigenvalue weighted by Gasteiger charge is -2.45. The van der Waals surface area contributed by atoms with Crippen LogP contribution >= 0.6 is 0 Å². The van der Waals surface area contributed by atoms with Crippen molar-refractivity contribution in [2.75, 3.05) is 0 Å². The van der Waals surface area contributed by atoms with Gasteiger partial charge in [-0.05, 0) is 131 Å². The van der Waals surface area contributed by atoms with E-state index in [1.165, 1.54) is 72.1 Å². The van der Waals surface area contributed by atoms with Gasteiger partial charge in [-0.25, -0.2) is 4.98 Å². The Bertz CT molecular complexity index is 3520. The monoisotopic (exact) mass is 909 g/mol. The molecule has 350 valence electrons. The molecule has 0 bridgehead atoms. The van der Waals surface area contributed by atoms with E-state index < -0.39 is 5.41 Å². The number of pyridine rings is 1. The van der Waals surface area contributed by atoms with E-state index >= 15 is 0 Å². The number of imidazole rings is 1. The molecule has 5 nitrogen and oxygen atoms in total. The lowest BCUT2D eigenvalue weighted by atomic mass is 9.60. The number of aromatic nitrogens is 4. The second kappa shape index (κ2) is 14.5. The molecule has 1 aliphatic carbocycles. The summed E-state index contributed by atoms with van der Waals surface area (Å²) in [7, 11) is 2.13. The Hall–Kier alpha value is -6.46. The molecule has 9 aromatic rings. The normalized spacial score (nSPS) is 14.5. The number of rotatable bonds is 3. The third kappa shape index (κ3) is 6.69. The highest BCUT2D eigenvalue weighted by atomic mass is 16.5. The maximum atomic E-state index is 7.09. The Morgan fingerprint density at radius 3 is 1.65 bits per heavy atom. The van der Waals surface area contributed by atoms with Crippen molar-refractivity contribution in [2.45, 2.75) is 136 Å². The van der Waals surface area contributed by atoms with Gasteiger partial charge in [-0.3, -0.25) is 4.57 Å². The Morgan fingerprint density at radius 2 is 1.09 bits per heavy atom. The summed E-state index contributed by atoms with van der Waals surface area (Å²) in [5, 5.41) is 2.36. The maximum absolute atomic E-state index is 7.09. The first-order valence-electron chi connectivity index (χ1n) is 24.9. The fourth-order valence-electron chi connectivity index (χ4n) is 11.6. The topological polar surface area (TPSA) is 35.9 Å². The van der Waals surface area contributed by atoms with E-state index in [0.717, 1.165) is 44.9 Å². The molecule has 6 aromatic carbocycles. The Labute approximate surface area is 409 Å². The summed E-state index contributed by atoms with van der Waals surface area (Å²) < 4.78 is 13.9. The summed E-state index contributed by atoms with van der Waals surface area (Å²) in [5.74, 6) is 2.42. The molecule has 5 heteroatoms. The maximum Gasteiger partial charge on any atom is 0.244 e. The van der Waals surface area contributed by atoms with E-state index in [2.05, 4.69) is 240 Å². The second-order valence-electron chi connectivity index (χ2n) is 25.3. The first-order chi connectivity index (χ1) is 32.3. The number of ether oxygens (including phenoxy) is 1. The highest BCUT2D eigenvalue weighted by Crippen LogP contribution is 2.65. The summed E-state index contributed by atoms with van der Waals surface area (Å²) in [6.07, 6.45) is 5.66. The van der Waals surface area contributed by atoms with Crippen molar-refractivity contribution < 1.29 is 9.30 Å². The second-order valence-corrected chi connectivity index (χ2v) is 25.3. The predicted octanol–water partition coefficient (Wildman–Crippen LogP) is 15.7. The molecule has 0 unspecified atom stereocenters. The van der Waals surface area contributed by atoms with Crippen molar-refractivity contribution in [3.05, 3.63) is 178 Å². The van der Waals surface area contributed by atoms with Crippen LogP contribution in [-0.2, 0) is 39.5 Å². The van der Waals surface area contributed by atoms with Crippen molar-refractivity contribution in [2.24, 2.45) is 7.05 Å². The van der Waals surface area contributed by atoms with Crippen molar-refractivity contribution >= 4 is 32.8 Å². The van der Waals surface area contributed by atoms with Gasteiger partial charge in [0.05, 0.1) is 40.2 Å². The predicted molar refractivity (Wildman–Crippen MR) is 286 cm³/mol. The third-order valence-corrected chi connectivity index (χ3v) is 15.3. The lowest BCUT2D eigenvalue weighted by molar-refractivity contribution is -0.649. The van der Waals surface area contributed by atoms with Gasteiger partial charge in [-0.2, -0.15) is 0 Å². The Morgan fingerprint density at radius 1 is 0.522 bits per heavy atom. The van der Waals surface area contributed by atoms with Crippen LogP contribution in [0.4, 0.5) is 0 Å². The zero-order valence-corrected chi connectivity index (χ0v) is 43.7. The molecular formula is C64H68N4O. The highest BCUT2D eigenvalue weighted by molar-refractivity contribution is 6.10. The van der Waals surface area contributed by atoms with Gasteiger partial charge in [-0.1, -0.05) is 171 Å². The SMILES string of the molecule is C[n+]1[c-]n2c3c(cccc31)C1(c3ccc(Oc4ccc5c6ccc(C(C)(C)C)cc6n(-c6ccccn6)c5c4)cc3-2)c2c(cc(C(C)(C)C)cc2C(C)(C)C)-c2cc(C(C)(C)C)cc(C(C)(C)C)c21. The van der Waals surface area contributed by atoms with Crippen LogP contribution in [0, 0.1) is 6.33 Å². The van der Waals surface area contributed by atoms with Crippen LogP contribution < -0.4 is 9.30 Å². The first kappa shape index (κ1) is 45.0. The zero-order chi connectivity index (χ0) is 49.1. The molecule has 11 rings (SSSR count). The van der Waals surface area contributed by atoms with Gasteiger partial charge in [0.25, 0.3) is 0 Å². The fraction of sp³-hybridized carbons (Fsp3) is 0.344. The minimum Gasteiger partial charge on any atom is -0.458 e. The van der Waals surface area contributed by atoms with Gasteiger partial charge in [0.15, 0.2) is 0 Å². The van der Waals surface area contributed by atoms with Crippen LogP contribution in [0.15, 0.2) is 121 Å². The van der Waals surface area contributed by atoms with Gasteiger partial charge >= 0.3 is 0 Å². The number of para-hydroxylation sites is 1. The van der Waals surface area contributed by atoms with E-state index in [9.17, 15) is 0 Å². The van der Waals surface area contributed by atoms with Gasteiger partial charge < -0.3 is 13.9 Å². The molecule has 0 saturated carbocycles. The number of benzene rings is 6. The number of nitrogens with zero attached hydrogens (tertiary/aromatic N) is 4. The van der Waals surface area contributed by atoms with Gasteiger partial charge in [0.2, 0.25) is 6.33 Å². The van der Waals surface area contributed by atoms with Crippen molar-refractivity contribution in [3.8, 4) is 34.1 Å². The summed E-state index contributed by atoms with van der Waals surface area (Å²) in [6.45, 7) is 35.4. The van der Waals surface area contributed by atoms with Gasteiger partial charge in [0.1, 0.15) is 17.3 Å². The molecule has 0 radical (unpaired) electrons. The molecule has 0 saturated heterocycles. The lowest BCUT2D eigenvalue weighted by Crippen LogP contribution is -2.38. The van der Waals surface area contributed by atoms with Crippen molar-refractivity contribution in [1.82, 2.24) is 14.1 Å². The molecular weight excluding hydrogens is 841 g/mol. The third-order valence-electron chi connectivity index (χ3n) is 15.3. The quantitative estimate of drug-likeness (QED) is 0.131. The van der Waals surface area contributed by atoms with Crippen molar-refractivity contribution in [1.29, 1.82) is 0 Å². The zero-order valence-electron chi connectivity index (χ0n) is 43.7. The fourth-order valence-corrected chi connectivity index (χ4v) is 11.6. The molecule has 0 N–H and O–H groups in total. The molecule has 1 spiro atoms. The van der Waals surface area contributed by atoms with Crippen LogP contribution in [0.5, 0.6) is 11.5 Å². The van der Waals surface area contributed by atoms with E-state index in [0.29, 0.717) is 0 Å². The molecule has 0 amide bonds. The average molecular weight is 909 g/mol. The van der Waals surface area contributed by atoms with Crippen LogP contribution in [-0.4, -0.2) is 14.1 Å². The number of hydrogen-bond acceptors (Lipinski definition) is 2. The van der Waals surface area contributed by atoms with Crippen molar-refractivity contribution in [3.63, 3.8) is 0 Å². The minimum atomic E-state index is -0.653. The number of fused-ring (bicyclic) bond motifs is 12. The van der Waals surface area contributed by atoms with Crippen LogP contribution in [0.2, 0.25) is 0 Å². The molecule has 4 heterocycles. The first-order valence-corrected chi connectivity index (χ1v) is 24.9. The van der Waals surface area contributed by atoms with E-state index in [4.69, 9.17) is 9.72 Å². The van der Waals surface area contributed by atoms with E-state index in [1.54, 1.807) is 0 Å².